The minimum Gasteiger partial charge on any atom is -0.507 e. The van der Waals surface area contributed by atoms with Gasteiger partial charge in [0.05, 0.1) is 32.2 Å². The molecule has 0 amide bonds. The van der Waals surface area contributed by atoms with Crippen molar-refractivity contribution in [2.24, 2.45) is 4.99 Å². The Labute approximate surface area is 459 Å². The van der Waals surface area contributed by atoms with Crippen molar-refractivity contribution < 1.29 is 77.2 Å². The van der Waals surface area contributed by atoms with E-state index in [1.807, 2.05) is 6.92 Å². The predicted octanol–water partition coefficient (Wildman–Crippen LogP) is 9.95. The average molecular weight is 1170 g/mol. The van der Waals surface area contributed by atoms with Gasteiger partial charge in [0.25, 0.3) is 40.3 Å². The molecule has 0 saturated heterocycles. The number of carbonyl (C=O) groups is 2. The first-order valence-corrected chi connectivity index (χ1v) is 30.3. The molecule has 0 radical (unpaired) electrons. The smallest absolute Gasteiger partial charge is 0.339 e. The van der Waals surface area contributed by atoms with E-state index in [1.54, 1.807) is 65.0 Å². The van der Waals surface area contributed by atoms with Gasteiger partial charge in [0.1, 0.15) is 43.8 Å². The van der Waals surface area contributed by atoms with Gasteiger partial charge < -0.3 is 30.2 Å². The molecule has 2 aliphatic rings. The summed E-state index contributed by atoms with van der Waals surface area (Å²) >= 11 is 0. The van der Waals surface area contributed by atoms with E-state index in [-0.39, 0.29) is 75.3 Å². The lowest BCUT2D eigenvalue weighted by Crippen LogP contribution is -2.18. The number of aryl methyl sites for hydroxylation is 4. The Morgan fingerprint density at radius 1 is 0.562 bits per heavy atom. The number of sulfonamides is 2. The van der Waals surface area contributed by atoms with Crippen molar-refractivity contribution in [1.29, 1.82) is 0 Å². The first-order valence-electron chi connectivity index (χ1n) is 24.4. The first kappa shape index (κ1) is 57.8. The van der Waals surface area contributed by atoms with Crippen LogP contribution in [-0.4, -0.2) is 75.1 Å². The molecular weight excluding hydrogens is 1120 g/mol. The Morgan fingerprint density at radius 3 is 1.60 bits per heavy atom. The molecule has 418 valence electrons. The van der Waals surface area contributed by atoms with Gasteiger partial charge in [-0.1, -0.05) is 58.0 Å². The molecule has 8 rings (SSSR count). The maximum atomic E-state index is 13.9. The lowest BCUT2D eigenvalue weighted by molar-refractivity contribution is 0.0682. The van der Waals surface area contributed by atoms with Crippen molar-refractivity contribution in [2.45, 2.75) is 86.8 Å². The van der Waals surface area contributed by atoms with Crippen molar-refractivity contribution in [2.75, 3.05) is 14.8 Å². The monoisotopic (exact) mass is 1170 g/mol. The summed E-state index contributed by atoms with van der Waals surface area (Å²) in [5, 5.41) is 42.5. The van der Waals surface area contributed by atoms with Crippen LogP contribution in [0.2, 0.25) is 0 Å². The highest BCUT2D eigenvalue weighted by molar-refractivity contribution is 7.93. The van der Waals surface area contributed by atoms with E-state index in [4.69, 9.17) is 9.41 Å². The molecule has 21 nitrogen and oxygen atoms in total. The second kappa shape index (κ2) is 21.7. The Bertz CT molecular complexity index is 4420. The number of hydrogen-bond acceptors (Lipinski definition) is 15. The van der Waals surface area contributed by atoms with Gasteiger partial charge in [-0.15, -0.1) is 0 Å². The highest BCUT2D eigenvalue weighted by Crippen LogP contribution is 2.45. The van der Waals surface area contributed by atoms with E-state index in [0.29, 0.717) is 40.0 Å². The molecule has 6 aromatic rings. The van der Waals surface area contributed by atoms with E-state index < -0.39 is 99.8 Å². The lowest BCUT2D eigenvalue weighted by atomic mass is 9.93. The number of aromatic hydroxyl groups is 2. The topological polar surface area (TPSA) is 354 Å². The quantitative estimate of drug-likeness (QED) is 0.0285. The Kier molecular flexibility index (Phi) is 15.7. The third-order valence-electron chi connectivity index (χ3n) is 13.4. The summed E-state index contributed by atoms with van der Waals surface area (Å²) in [7, 11) is -19.2. The minimum atomic E-state index is -5.24. The SMILES string of the molecule is CCc1cc(C)c(NS(=O)(=O)c2ccc(O)c(C(=O)O)c2)c(CC)c1N=c1cc2oc3cc(Nc4c(CC)cc(C)c(NS(=O)(=O)c5ccc(O)c(C(=O)O)c5)c4CC)ccc3c(-c3ccccc3S(=O)(=O)O)c-2cc1S(=O)(=O)O. The summed E-state index contributed by atoms with van der Waals surface area (Å²) in [6.45, 7) is 10.4. The Hall–Kier alpha value is -8.33. The van der Waals surface area contributed by atoms with Gasteiger partial charge in [-0.25, -0.2) is 31.4 Å². The normalized spacial score (nSPS) is 12.5. The number of nitrogens with zero attached hydrogens (tertiary/aromatic N) is 1. The molecule has 9 N–H and O–H groups in total. The van der Waals surface area contributed by atoms with Crippen LogP contribution in [0.4, 0.5) is 28.4 Å². The number of fused-ring (bicyclic) bond motifs is 2. The summed E-state index contributed by atoms with van der Waals surface area (Å²) in [5.74, 6) is -4.54. The first-order chi connectivity index (χ1) is 37.5. The Morgan fingerprint density at radius 2 is 1.09 bits per heavy atom. The number of benzene rings is 7. The zero-order chi connectivity index (χ0) is 58.6. The van der Waals surface area contributed by atoms with Crippen molar-refractivity contribution >= 4 is 91.6 Å². The number of carboxylic acid groups (broad SMARTS) is 2. The lowest BCUT2D eigenvalue weighted by Gasteiger charge is -2.23. The molecule has 1 heterocycles. The number of nitrogens with one attached hydrogen (secondary N) is 3. The van der Waals surface area contributed by atoms with Gasteiger partial charge in [-0.05, 0) is 122 Å². The maximum Gasteiger partial charge on any atom is 0.339 e. The molecule has 0 bridgehead atoms. The van der Waals surface area contributed by atoms with Crippen LogP contribution < -0.4 is 20.1 Å². The van der Waals surface area contributed by atoms with Gasteiger partial charge in [-0.2, -0.15) is 16.8 Å². The zero-order valence-corrected chi connectivity index (χ0v) is 46.7. The molecular formula is C55H52N4O17S4. The summed E-state index contributed by atoms with van der Waals surface area (Å²) < 4.78 is 142. The highest BCUT2D eigenvalue weighted by atomic mass is 32.2. The van der Waals surface area contributed by atoms with Crippen LogP contribution in [0.1, 0.15) is 81.8 Å². The van der Waals surface area contributed by atoms with Crippen LogP contribution in [0.5, 0.6) is 11.5 Å². The van der Waals surface area contributed by atoms with Gasteiger partial charge in [0.2, 0.25) is 0 Å². The van der Waals surface area contributed by atoms with Crippen LogP contribution in [-0.2, 0) is 66.0 Å². The van der Waals surface area contributed by atoms with Crippen molar-refractivity contribution in [3.8, 4) is 33.9 Å². The van der Waals surface area contributed by atoms with Crippen LogP contribution >= 0.6 is 0 Å². The van der Waals surface area contributed by atoms with Gasteiger partial charge in [-0.3, -0.25) is 18.5 Å². The van der Waals surface area contributed by atoms with Crippen LogP contribution in [0.3, 0.4) is 0 Å². The van der Waals surface area contributed by atoms with Gasteiger partial charge in [0.15, 0.2) is 0 Å². The predicted molar refractivity (Wildman–Crippen MR) is 298 cm³/mol. The number of hydrogen-bond donors (Lipinski definition) is 9. The second-order valence-electron chi connectivity index (χ2n) is 18.4. The summed E-state index contributed by atoms with van der Waals surface area (Å²) in [6, 6.07) is 21.2. The fraction of sp³-hybridized carbons (Fsp3) is 0.182. The summed E-state index contributed by atoms with van der Waals surface area (Å²) in [4.78, 5) is 26.1. The van der Waals surface area contributed by atoms with Crippen LogP contribution in [0.25, 0.3) is 33.4 Å². The third kappa shape index (κ3) is 11.1. The largest absolute Gasteiger partial charge is 0.507 e. The number of phenols is 2. The van der Waals surface area contributed by atoms with Gasteiger partial charge in [0, 0.05) is 56.7 Å². The molecule has 0 unspecified atom stereocenters. The zero-order valence-electron chi connectivity index (χ0n) is 43.4. The third-order valence-corrected chi connectivity index (χ3v) is 17.9. The molecule has 25 heteroatoms. The van der Waals surface area contributed by atoms with E-state index in [9.17, 15) is 72.8 Å². The number of carboxylic acids is 2. The standard InChI is InChI=1S/C55H52N4O17S4/c1-7-30-21-28(5)50(58-77(66,67)33-16-19-43(60)39(24-33)54(62)63)35(9-3)52(30)56-32-15-18-37-45(23-32)76-46-27-42(48(80(73,74)75)26-41(46)49(37)38-13-11-12-14-47(38)79(70,71)72)57-53-31(8-2)22-29(6)51(36(53)10-4)59-78(68,69)34-17-20-44(61)40(25-34)55(64)65/h11-27,56,58-61H,7-10H2,1-6H3,(H,62,63)(H,64,65)(H,70,71,72)(H,73,74,75). The van der Waals surface area contributed by atoms with E-state index >= 15 is 0 Å². The minimum absolute atomic E-state index is 0.0182. The van der Waals surface area contributed by atoms with Crippen molar-refractivity contribution in [1.82, 2.24) is 0 Å². The average Bonchev–Trinajstić information content (AvgIpc) is 3.60. The van der Waals surface area contributed by atoms with E-state index in [0.717, 1.165) is 54.1 Å². The molecule has 0 atom stereocenters. The van der Waals surface area contributed by atoms with Crippen molar-refractivity contribution in [3.63, 3.8) is 0 Å². The van der Waals surface area contributed by atoms with Gasteiger partial charge >= 0.3 is 11.9 Å². The van der Waals surface area contributed by atoms with E-state index in [2.05, 4.69) is 14.8 Å². The van der Waals surface area contributed by atoms with Crippen LogP contribution in [0, 0.1) is 13.8 Å². The van der Waals surface area contributed by atoms with Crippen LogP contribution in [0.15, 0.2) is 132 Å². The molecule has 6 aromatic carbocycles. The summed E-state index contributed by atoms with van der Waals surface area (Å²) in [6.07, 6.45) is 1.06. The molecule has 80 heavy (non-hydrogen) atoms. The molecule has 0 saturated carbocycles. The number of rotatable bonds is 18. The maximum absolute atomic E-state index is 13.9. The van der Waals surface area contributed by atoms with Crippen molar-refractivity contribution in [3.05, 3.63) is 153 Å². The molecule has 0 spiro atoms. The molecule has 1 aliphatic heterocycles. The fourth-order valence-electron chi connectivity index (χ4n) is 9.56. The fourth-order valence-corrected chi connectivity index (χ4v) is 13.3. The summed E-state index contributed by atoms with van der Waals surface area (Å²) in [5.41, 5.74) is 2.70. The number of anilines is 4. The molecule has 1 aliphatic carbocycles. The molecule has 0 aromatic heterocycles. The highest BCUT2D eigenvalue weighted by Gasteiger charge is 2.30. The second-order valence-corrected chi connectivity index (χ2v) is 24.6. The van der Waals surface area contributed by atoms with E-state index in [1.165, 1.54) is 24.3 Å². The Balaban J connectivity index is 1.36. The number of aromatic carboxylic acids is 2. The molecule has 0 fully saturated rings.